The van der Waals surface area contributed by atoms with Gasteiger partial charge in [-0.3, -0.25) is 0 Å². The van der Waals surface area contributed by atoms with Gasteiger partial charge in [-0.25, -0.2) is 9.59 Å². The minimum Gasteiger partial charge on any atom is -0.489 e. The summed E-state index contributed by atoms with van der Waals surface area (Å²) in [5.41, 5.74) is -0.561. The second-order valence-corrected chi connectivity index (χ2v) is 7.11. The summed E-state index contributed by atoms with van der Waals surface area (Å²) in [4.78, 5) is 25.2. The minimum absolute atomic E-state index is 0.00400. The molecule has 0 spiro atoms. The lowest BCUT2D eigenvalue weighted by Gasteiger charge is -2.28. The van der Waals surface area contributed by atoms with Crippen molar-refractivity contribution < 1.29 is 24.2 Å². The molecule has 6 nitrogen and oxygen atoms in total. The van der Waals surface area contributed by atoms with Crippen LogP contribution in [0.1, 0.15) is 44.0 Å². The molecule has 1 heterocycles. The SMILES string of the molecule is CC(C)(C)OC(=O)N1CCCC1COc1c(Cl)cccc1C(=O)O. The molecule has 1 saturated heterocycles. The van der Waals surface area contributed by atoms with Crippen molar-refractivity contribution in [1.82, 2.24) is 4.90 Å². The maximum atomic E-state index is 12.3. The number of halogens is 1. The molecule has 2 rings (SSSR count). The fraction of sp³-hybridized carbons (Fsp3) is 0.529. The summed E-state index contributed by atoms with van der Waals surface area (Å²) in [6.07, 6.45) is 1.24. The fourth-order valence-corrected chi connectivity index (χ4v) is 2.80. The third kappa shape index (κ3) is 4.54. The number of carboxylic acid groups (broad SMARTS) is 1. The monoisotopic (exact) mass is 355 g/mol. The number of carboxylic acids is 1. The van der Waals surface area contributed by atoms with E-state index in [1.165, 1.54) is 6.07 Å². The van der Waals surface area contributed by atoms with Gasteiger partial charge in [0.2, 0.25) is 0 Å². The molecule has 1 amide bonds. The second-order valence-electron chi connectivity index (χ2n) is 6.70. The Morgan fingerprint density at radius 3 is 2.71 bits per heavy atom. The number of carbonyl (C=O) groups excluding carboxylic acids is 1. The first-order valence-corrected chi connectivity index (χ1v) is 8.21. The van der Waals surface area contributed by atoms with Crippen molar-refractivity contribution in [2.75, 3.05) is 13.2 Å². The number of rotatable bonds is 4. The molecule has 1 unspecified atom stereocenters. The number of aromatic carboxylic acids is 1. The van der Waals surface area contributed by atoms with E-state index in [-0.39, 0.29) is 35.1 Å². The second kappa shape index (κ2) is 7.30. The van der Waals surface area contributed by atoms with Crippen LogP contribution in [0.2, 0.25) is 5.02 Å². The van der Waals surface area contributed by atoms with Gasteiger partial charge in [0.05, 0.1) is 11.1 Å². The Morgan fingerprint density at radius 2 is 2.08 bits per heavy atom. The highest BCUT2D eigenvalue weighted by molar-refractivity contribution is 6.32. The normalized spacial score (nSPS) is 17.7. The van der Waals surface area contributed by atoms with E-state index in [0.29, 0.717) is 6.54 Å². The summed E-state index contributed by atoms with van der Waals surface area (Å²) in [7, 11) is 0. The van der Waals surface area contributed by atoms with Crippen molar-refractivity contribution >= 4 is 23.7 Å². The average molecular weight is 356 g/mol. The van der Waals surface area contributed by atoms with Crippen molar-refractivity contribution in [2.24, 2.45) is 0 Å². The number of para-hydroxylation sites is 1. The zero-order chi connectivity index (χ0) is 17.9. The average Bonchev–Trinajstić information content (AvgIpc) is 2.92. The molecule has 0 aliphatic carbocycles. The Morgan fingerprint density at radius 1 is 1.38 bits per heavy atom. The first-order valence-electron chi connectivity index (χ1n) is 7.83. The van der Waals surface area contributed by atoms with Gasteiger partial charge < -0.3 is 19.5 Å². The van der Waals surface area contributed by atoms with Crippen LogP contribution in [0, 0.1) is 0 Å². The van der Waals surface area contributed by atoms with Gasteiger partial charge in [-0.05, 0) is 45.7 Å². The zero-order valence-electron chi connectivity index (χ0n) is 14.0. The Labute approximate surface area is 146 Å². The molecule has 1 atom stereocenters. The van der Waals surface area contributed by atoms with Gasteiger partial charge in [-0.15, -0.1) is 0 Å². The fourth-order valence-electron chi connectivity index (χ4n) is 2.57. The summed E-state index contributed by atoms with van der Waals surface area (Å²) in [6.45, 7) is 6.21. The van der Waals surface area contributed by atoms with E-state index in [0.717, 1.165) is 12.8 Å². The smallest absolute Gasteiger partial charge is 0.410 e. The topological polar surface area (TPSA) is 76.1 Å². The van der Waals surface area contributed by atoms with E-state index in [1.807, 2.05) is 20.8 Å². The van der Waals surface area contributed by atoms with E-state index in [1.54, 1.807) is 17.0 Å². The number of ether oxygens (including phenoxy) is 2. The molecule has 24 heavy (non-hydrogen) atoms. The van der Waals surface area contributed by atoms with Gasteiger partial charge in [0, 0.05) is 6.54 Å². The summed E-state index contributed by atoms with van der Waals surface area (Å²) >= 11 is 6.05. The molecule has 7 heteroatoms. The van der Waals surface area contributed by atoms with Crippen LogP contribution >= 0.6 is 11.6 Å². The molecule has 1 aromatic carbocycles. The van der Waals surface area contributed by atoms with Crippen molar-refractivity contribution in [3.63, 3.8) is 0 Å². The number of likely N-dealkylation sites (tertiary alicyclic amines) is 1. The molecule has 0 radical (unpaired) electrons. The Hall–Kier alpha value is -1.95. The molecule has 0 bridgehead atoms. The quantitative estimate of drug-likeness (QED) is 0.888. The van der Waals surface area contributed by atoms with E-state index in [2.05, 4.69) is 0 Å². The summed E-state index contributed by atoms with van der Waals surface area (Å²) in [5, 5.41) is 9.46. The standard InChI is InChI=1S/C17H22ClNO5/c1-17(2,3)24-16(22)19-9-5-6-11(19)10-23-14-12(15(20)21)7-4-8-13(14)18/h4,7-8,11H,5-6,9-10H2,1-3H3,(H,20,21). The van der Waals surface area contributed by atoms with Crippen LogP contribution < -0.4 is 4.74 Å². The van der Waals surface area contributed by atoms with Crippen LogP contribution in [0.15, 0.2) is 18.2 Å². The van der Waals surface area contributed by atoms with Crippen LogP contribution in [0.4, 0.5) is 4.79 Å². The Balaban J connectivity index is 2.06. The number of nitrogens with zero attached hydrogens (tertiary/aromatic N) is 1. The van der Waals surface area contributed by atoms with E-state index < -0.39 is 11.6 Å². The first-order chi connectivity index (χ1) is 11.2. The third-order valence-electron chi connectivity index (χ3n) is 3.62. The van der Waals surface area contributed by atoms with Gasteiger partial charge in [0.15, 0.2) is 5.75 Å². The number of benzene rings is 1. The molecule has 1 N–H and O–H groups in total. The van der Waals surface area contributed by atoms with Crippen molar-refractivity contribution in [2.45, 2.75) is 45.3 Å². The Kier molecular flexibility index (Phi) is 5.59. The van der Waals surface area contributed by atoms with Crippen molar-refractivity contribution in [3.8, 4) is 5.75 Å². The lowest BCUT2D eigenvalue weighted by molar-refractivity contribution is 0.0186. The lowest BCUT2D eigenvalue weighted by Crippen LogP contribution is -2.42. The minimum atomic E-state index is -1.11. The lowest BCUT2D eigenvalue weighted by atomic mass is 10.2. The number of amides is 1. The van der Waals surface area contributed by atoms with Gasteiger partial charge in [0.1, 0.15) is 17.8 Å². The largest absolute Gasteiger partial charge is 0.489 e. The van der Waals surface area contributed by atoms with Gasteiger partial charge in [-0.2, -0.15) is 0 Å². The molecular formula is C17H22ClNO5. The Bertz CT molecular complexity index is 626. The van der Waals surface area contributed by atoms with E-state index >= 15 is 0 Å². The predicted molar refractivity (Wildman–Crippen MR) is 89.9 cm³/mol. The highest BCUT2D eigenvalue weighted by Gasteiger charge is 2.33. The van der Waals surface area contributed by atoms with E-state index in [4.69, 9.17) is 21.1 Å². The summed E-state index contributed by atoms with van der Waals surface area (Å²) in [6, 6.07) is 4.40. The molecule has 1 aliphatic heterocycles. The van der Waals surface area contributed by atoms with Crippen LogP contribution in [0.5, 0.6) is 5.75 Å². The van der Waals surface area contributed by atoms with Crippen LogP contribution in [-0.2, 0) is 4.74 Å². The van der Waals surface area contributed by atoms with Crippen LogP contribution in [-0.4, -0.2) is 46.9 Å². The van der Waals surface area contributed by atoms with Gasteiger partial charge in [0.25, 0.3) is 0 Å². The zero-order valence-corrected chi connectivity index (χ0v) is 14.8. The van der Waals surface area contributed by atoms with Crippen LogP contribution in [0.3, 0.4) is 0 Å². The summed E-state index contributed by atoms with van der Waals surface area (Å²) < 4.78 is 11.1. The number of carbonyl (C=O) groups is 2. The maximum absolute atomic E-state index is 12.3. The summed E-state index contributed by atoms with van der Waals surface area (Å²) in [5.74, 6) is -0.981. The molecule has 1 fully saturated rings. The third-order valence-corrected chi connectivity index (χ3v) is 3.92. The van der Waals surface area contributed by atoms with Crippen molar-refractivity contribution in [3.05, 3.63) is 28.8 Å². The van der Waals surface area contributed by atoms with Gasteiger partial charge in [-0.1, -0.05) is 17.7 Å². The molecule has 0 saturated carbocycles. The molecule has 1 aliphatic rings. The van der Waals surface area contributed by atoms with Gasteiger partial charge >= 0.3 is 12.1 Å². The highest BCUT2D eigenvalue weighted by atomic mass is 35.5. The van der Waals surface area contributed by atoms with Crippen molar-refractivity contribution in [1.29, 1.82) is 0 Å². The molecule has 0 aromatic heterocycles. The molecular weight excluding hydrogens is 334 g/mol. The van der Waals surface area contributed by atoms with Crippen LogP contribution in [0.25, 0.3) is 0 Å². The highest BCUT2D eigenvalue weighted by Crippen LogP contribution is 2.30. The molecule has 132 valence electrons. The molecule has 1 aromatic rings. The maximum Gasteiger partial charge on any atom is 0.410 e. The van der Waals surface area contributed by atoms with E-state index in [9.17, 15) is 14.7 Å². The number of hydrogen-bond acceptors (Lipinski definition) is 4. The number of hydrogen-bond donors (Lipinski definition) is 1. The predicted octanol–water partition coefficient (Wildman–Crippen LogP) is 3.82. The first kappa shape index (κ1) is 18.4.